The number of carbonyl (C=O) groups is 1. The molecule has 1 aliphatic heterocycles. The van der Waals surface area contributed by atoms with Gasteiger partial charge in [-0.3, -0.25) is 4.79 Å². The summed E-state index contributed by atoms with van der Waals surface area (Å²) < 4.78 is 7.05. The Labute approximate surface area is 153 Å². The Balaban J connectivity index is 1.73. The molecule has 2 atom stereocenters. The van der Waals surface area contributed by atoms with Gasteiger partial charge in [-0.25, -0.2) is 4.79 Å². The number of ether oxygens (including phenoxy) is 1. The number of benzene rings is 1. The first-order valence-electron chi connectivity index (χ1n) is 8.84. The third-order valence-corrected chi connectivity index (χ3v) is 4.90. The molecule has 1 amide bonds. The first-order valence-corrected chi connectivity index (χ1v) is 8.84. The van der Waals surface area contributed by atoms with Crippen molar-refractivity contribution in [1.29, 1.82) is 0 Å². The van der Waals surface area contributed by atoms with E-state index >= 15 is 0 Å². The molecule has 1 aliphatic rings. The van der Waals surface area contributed by atoms with E-state index in [1.807, 2.05) is 43.5 Å². The second-order valence-electron chi connectivity index (χ2n) is 6.68. The van der Waals surface area contributed by atoms with Crippen LogP contribution in [0.4, 0.5) is 4.79 Å². The standard InChI is InChI=1S/C21H24N2O3/c1-4-5-19-12-13-23(21(25)26-19)15(2)16-6-8-17(9-7-16)18-10-11-20(24)22(3)14-18/h4,6-11,14-15,19H,1,5,12-13H2,2-3H3. The van der Waals surface area contributed by atoms with E-state index < -0.39 is 0 Å². The lowest BCUT2D eigenvalue weighted by molar-refractivity contribution is 0.0146. The first-order chi connectivity index (χ1) is 12.5. The molecule has 0 spiro atoms. The molecular weight excluding hydrogens is 328 g/mol. The molecule has 0 radical (unpaired) electrons. The van der Waals surface area contributed by atoms with Crippen LogP contribution in [0.2, 0.25) is 0 Å². The Hall–Kier alpha value is -2.82. The molecule has 1 fully saturated rings. The van der Waals surface area contributed by atoms with E-state index in [2.05, 4.69) is 6.58 Å². The topological polar surface area (TPSA) is 51.5 Å². The van der Waals surface area contributed by atoms with Crippen molar-refractivity contribution in [2.75, 3.05) is 6.54 Å². The van der Waals surface area contributed by atoms with Crippen LogP contribution in [-0.4, -0.2) is 28.2 Å². The zero-order valence-electron chi connectivity index (χ0n) is 15.2. The largest absolute Gasteiger partial charge is 0.446 e. The lowest BCUT2D eigenvalue weighted by Crippen LogP contribution is -2.43. The van der Waals surface area contributed by atoms with E-state index in [-0.39, 0.29) is 23.8 Å². The molecule has 2 aromatic rings. The second kappa shape index (κ2) is 7.60. The van der Waals surface area contributed by atoms with Crippen LogP contribution in [0.1, 0.15) is 31.4 Å². The van der Waals surface area contributed by atoms with E-state index in [9.17, 15) is 9.59 Å². The summed E-state index contributed by atoms with van der Waals surface area (Å²) in [6.07, 6.45) is 4.80. The minimum absolute atomic E-state index is 0.0302. The maximum Gasteiger partial charge on any atom is 0.410 e. The highest BCUT2D eigenvalue weighted by Crippen LogP contribution is 2.28. The Kier molecular flexibility index (Phi) is 5.26. The van der Waals surface area contributed by atoms with Crippen LogP contribution in [0.25, 0.3) is 11.1 Å². The summed E-state index contributed by atoms with van der Waals surface area (Å²) in [4.78, 5) is 25.6. The van der Waals surface area contributed by atoms with E-state index in [1.54, 1.807) is 28.7 Å². The number of cyclic esters (lactones) is 1. The highest BCUT2D eigenvalue weighted by atomic mass is 16.6. The van der Waals surface area contributed by atoms with Crippen molar-refractivity contribution in [2.24, 2.45) is 7.05 Å². The number of hydrogen-bond donors (Lipinski definition) is 0. The summed E-state index contributed by atoms with van der Waals surface area (Å²) in [6.45, 7) is 6.39. The maximum atomic E-state index is 12.3. The van der Waals surface area contributed by atoms with Gasteiger partial charge in [-0.05, 0) is 29.7 Å². The number of carbonyl (C=O) groups excluding carboxylic acids is 1. The summed E-state index contributed by atoms with van der Waals surface area (Å²) >= 11 is 0. The van der Waals surface area contributed by atoms with Crippen molar-refractivity contribution in [3.8, 4) is 11.1 Å². The van der Waals surface area contributed by atoms with E-state index in [4.69, 9.17) is 4.74 Å². The number of nitrogens with zero attached hydrogens (tertiary/aromatic N) is 2. The molecule has 1 aromatic carbocycles. The first kappa shape index (κ1) is 18.0. The summed E-state index contributed by atoms with van der Waals surface area (Å²) in [5, 5.41) is 0. The second-order valence-corrected chi connectivity index (χ2v) is 6.68. The number of pyridine rings is 1. The Morgan fingerprint density at radius 1 is 1.19 bits per heavy atom. The van der Waals surface area contributed by atoms with Gasteiger partial charge in [-0.1, -0.05) is 30.3 Å². The average Bonchev–Trinajstić information content (AvgIpc) is 2.64. The summed E-state index contributed by atoms with van der Waals surface area (Å²) in [7, 11) is 1.74. The molecule has 5 nitrogen and oxygen atoms in total. The van der Waals surface area contributed by atoms with Gasteiger partial charge in [0, 0.05) is 38.7 Å². The zero-order valence-corrected chi connectivity index (χ0v) is 15.2. The van der Waals surface area contributed by atoms with E-state index in [0.717, 1.165) is 23.1 Å². The molecule has 0 saturated carbocycles. The van der Waals surface area contributed by atoms with Crippen molar-refractivity contribution in [2.45, 2.75) is 31.9 Å². The lowest BCUT2D eigenvalue weighted by atomic mass is 10.0. The SMILES string of the molecule is C=CCC1CCN(C(C)c2ccc(-c3ccc(=O)n(C)c3)cc2)C(=O)O1. The fraction of sp³-hybridized carbons (Fsp3) is 0.333. The molecule has 1 saturated heterocycles. The van der Waals surface area contributed by atoms with Crippen LogP contribution in [0.15, 0.2) is 60.0 Å². The monoisotopic (exact) mass is 352 g/mol. The lowest BCUT2D eigenvalue weighted by Gasteiger charge is -2.35. The zero-order chi connectivity index (χ0) is 18.7. The molecule has 2 heterocycles. The van der Waals surface area contributed by atoms with Crippen molar-refractivity contribution < 1.29 is 9.53 Å². The van der Waals surface area contributed by atoms with Crippen molar-refractivity contribution >= 4 is 6.09 Å². The predicted octanol–water partition coefficient (Wildman–Crippen LogP) is 3.90. The minimum atomic E-state index is -0.266. The van der Waals surface area contributed by atoms with Gasteiger partial charge in [0.25, 0.3) is 0 Å². The van der Waals surface area contributed by atoms with Gasteiger partial charge < -0.3 is 14.2 Å². The van der Waals surface area contributed by atoms with E-state index in [1.165, 1.54) is 0 Å². The van der Waals surface area contributed by atoms with Gasteiger partial charge in [0.1, 0.15) is 6.10 Å². The van der Waals surface area contributed by atoms with Crippen LogP contribution in [-0.2, 0) is 11.8 Å². The number of aryl methyl sites for hydroxylation is 1. The van der Waals surface area contributed by atoms with Gasteiger partial charge in [0.05, 0.1) is 6.04 Å². The minimum Gasteiger partial charge on any atom is -0.446 e. The van der Waals surface area contributed by atoms with Gasteiger partial charge in [0.15, 0.2) is 0 Å². The predicted molar refractivity (Wildman–Crippen MR) is 102 cm³/mol. The Morgan fingerprint density at radius 3 is 2.50 bits per heavy atom. The Morgan fingerprint density at radius 2 is 1.88 bits per heavy atom. The molecule has 3 rings (SSSR count). The van der Waals surface area contributed by atoms with Gasteiger partial charge in [-0.15, -0.1) is 6.58 Å². The van der Waals surface area contributed by atoms with Gasteiger partial charge >= 0.3 is 6.09 Å². The third kappa shape index (κ3) is 3.72. The molecule has 0 N–H and O–H groups in total. The molecule has 5 heteroatoms. The van der Waals surface area contributed by atoms with Crippen molar-refractivity contribution in [3.05, 3.63) is 71.2 Å². The number of aromatic nitrogens is 1. The number of rotatable bonds is 5. The molecule has 0 bridgehead atoms. The third-order valence-electron chi connectivity index (χ3n) is 4.90. The fourth-order valence-electron chi connectivity index (χ4n) is 3.25. The highest BCUT2D eigenvalue weighted by Gasteiger charge is 2.30. The molecule has 0 aliphatic carbocycles. The summed E-state index contributed by atoms with van der Waals surface area (Å²) in [5.41, 5.74) is 3.04. The summed E-state index contributed by atoms with van der Waals surface area (Å²) in [6, 6.07) is 11.4. The smallest absolute Gasteiger partial charge is 0.410 e. The molecule has 2 unspecified atom stereocenters. The van der Waals surface area contributed by atoms with Crippen LogP contribution in [0.5, 0.6) is 0 Å². The number of amides is 1. The molecule has 136 valence electrons. The van der Waals surface area contributed by atoms with Crippen LogP contribution >= 0.6 is 0 Å². The normalized spacial score (nSPS) is 18.3. The van der Waals surface area contributed by atoms with Gasteiger partial charge in [-0.2, -0.15) is 0 Å². The maximum absolute atomic E-state index is 12.3. The van der Waals surface area contributed by atoms with E-state index in [0.29, 0.717) is 13.0 Å². The molecule has 1 aromatic heterocycles. The quantitative estimate of drug-likeness (QED) is 0.767. The molecular formula is C21H24N2O3. The van der Waals surface area contributed by atoms with Crippen LogP contribution in [0.3, 0.4) is 0 Å². The number of hydrogen-bond acceptors (Lipinski definition) is 3. The van der Waals surface area contributed by atoms with Crippen LogP contribution in [0, 0.1) is 0 Å². The molecule has 26 heavy (non-hydrogen) atoms. The van der Waals surface area contributed by atoms with Gasteiger partial charge in [0.2, 0.25) is 5.56 Å². The van der Waals surface area contributed by atoms with Crippen molar-refractivity contribution in [1.82, 2.24) is 9.47 Å². The highest BCUT2D eigenvalue weighted by molar-refractivity contribution is 5.69. The van der Waals surface area contributed by atoms with Crippen LogP contribution < -0.4 is 5.56 Å². The summed E-state index contributed by atoms with van der Waals surface area (Å²) in [5.74, 6) is 0. The Bertz CT molecular complexity index is 854. The fourth-order valence-corrected chi connectivity index (χ4v) is 3.25. The van der Waals surface area contributed by atoms with Crippen molar-refractivity contribution in [3.63, 3.8) is 0 Å². The average molecular weight is 352 g/mol.